The molecule has 6 heteroatoms. The van der Waals surface area contributed by atoms with E-state index < -0.39 is 5.82 Å². The molecule has 1 aromatic rings. The number of halogens is 2. The van der Waals surface area contributed by atoms with E-state index in [4.69, 9.17) is 16.3 Å². The predicted molar refractivity (Wildman–Crippen MR) is 97.6 cm³/mol. The summed E-state index contributed by atoms with van der Waals surface area (Å²) in [6, 6.07) is 3.27. The van der Waals surface area contributed by atoms with Crippen LogP contribution in [0.2, 0.25) is 5.02 Å². The van der Waals surface area contributed by atoms with Crippen LogP contribution in [0.3, 0.4) is 0 Å². The third-order valence-electron chi connectivity index (χ3n) is 5.50. The van der Waals surface area contributed by atoms with Gasteiger partial charge < -0.3 is 14.7 Å². The zero-order valence-corrected chi connectivity index (χ0v) is 15.6. The van der Waals surface area contributed by atoms with Gasteiger partial charge in [0.25, 0.3) is 0 Å². The number of likely N-dealkylation sites (tertiary alicyclic amines) is 2. The van der Waals surface area contributed by atoms with Crippen molar-refractivity contribution in [3.63, 3.8) is 0 Å². The lowest BCUT2D eigenvalue weighted by Gasteiger charge is -2.30. The van der Waals surface area contributed by atoms with Gasteiger partial charge in [-0.15, -0.1) is 0 Å². The molecule has 2 atom stereocenters. The molecule has 0 radical (unpaired) electrons. The number of ether oxygens (including phenoxy) is 1. The molecule has 0 unspecified atom stereocenters. The lowest BCUT2D eigenvalue weighted by atomic mass is 9.95. The molecule has 0 bridgehead atoms. The first-order valence-electron chi connectivity index (χ1n) is 9.18. The maximum Gasteiger partial charge on any atom is 0.173 e. The van der Waals surface area contributed by atoms with Gasteiger partial charge in [-0.25, -0.2) is 4.39 Å². The third-order valence-corrected chi connectivity index (χ3v) is 5.78. The van der Waals surface area contributed by atoms with Gasteiger partial charge in [0.2, 0.25) is 0 Å². The Morgan fingerprint density at radius 3 is 2.52 bits per heavy atom. The first-order valence-corrected chi connectivity index (χ1v) is 9.56. The highest BCUT2D eigenvalue weighted by atomic mass is 35.5. The van der Waals surface area contributed by atoms with E-state index in [0.29, 0.717) is 23.4 Å². The normalized spacial score (nSPS) is 25.4. The van der Waals surface area contributed by atoms with Crippen molar-refractivity contribution >= 4 is 11.6 Å². The van der Waals surface area contributed by atoms with Crippen molar-refractivity contribution in [2.75, 3.05) is 46.4 Å². The van der Waals surface area contributed by atoms with Crippen LogP contribution in [-0.4, -0.2) is 61.3 Å². The SMILES string of the molecule is COc1c(F)cc(CN2C[C@@H](CN3CCCCC3)[C@@H](CO)C2)cc1Cl. The molecule has 0 spiro atoms. The maximum atomic E-state index is 14.0. The van der Waals surface area contributed by atoms with E-state index in [1.165, 1.54) is 45.5 Å². The molecule has 0 aromatic heterocycles. The van der Waals surface area contributed by atoms with E-state index in [9.17, 15) is 9.50 Å². The quantitative estimate of drug-likeness (QED) is 0.835. The average Bonchev–Trinajstić information content (AvgIpc) is 2.97. The van der Waals surface area contributed by atoms with Crippen LogP contribution in [-0.2, 0) is 6.54 Å². The van der Waals surface area contributed by atoms with Crippen molar-refractivity contribution in [1.82, 2.24) is 9.80 Å². The minimum Gasteiger partial charge on any atom is -0.492 e. The molecule has 0 aliphatic carbocycles. The van der Waals surface area contributed by atoms with Crippen LogP contribution in [0.25, 0.3) is 0 Å². The lowest BCUT2D eigenvalue weighted by molar-refractivity contribution is 0.149. The molecule has 0 saturated carbocycles. The van der Waals surface area contributed by atoms with Crippen molar-refractivity contribution in [3.05, 3.63) is 28.5 Å². The van der Waals surface area contributed by atoms with E-state index in [0.717, 1.165) is 25.2 Å². The number of nitrogens with zero attached hydrogens (tertiary/aromatic N) is 2. The number of hydrogen-bond donors (Lipinski definition) is 1. The molecular weight excluding hydrogens is 343 g/mol. The molecule has 1 aromatic carbocycles. The summed E-state index contributed by atoms with van der Waals surface area (Å²) in [5, 5.41) is 10.1. The number of aliphatic hydroxyl groups is 1. The summed E-state index contributed by atoms with van der Waals surface area (Å²) in [6.07, 6.45) is 3.90. The topological polar surface area (TPSA) is 35.9 Å². The van der Waals surface area contributed by atoms with Crippen LogP contribution in [0.5, 0.6) is 5.75 Å². The Bertz CT molecular complexity index is 558. The van der Waals surface area contributed by atoms with Gasteiger partial charge in [0.15, 0.2) is 11.6 Å². The second-order valence-corrected chi connectivity index (χ2v) is 7.76. The molecular formula is C19H28ClFN2O2. The molecule has 1 N–H and O–H groups in total. The highest BCUT2D eigenvalue weighted by molar-refractivity contribution is 6.32. The summed E-state index contributed by atoms with van der Waals surface area (Å²) < 4.78 is 19.0. The predicted octanol–water partition coefficient (Wildman–Crippen LogP) is 3.01. The standard InChI is InChI=1S/C19H28ClFN2O2/c1-25-19-17(20)7-14(8-18(19)21)9-23-11-15(16(12-23)13-24)10-22-5-3-2-4-6-22/h7-8,15-16,24H,2-6,9-13H2,1H3/t15-,16-/m1/s1. The van der Waals surface area contributed by atoms with Gasteiger partial charge in [0.05, 0.1) is 12.1 Å². The van der Waals surface area contributed by atoms with E-state index in [1.807, 2.05) is 0 Å². The lowest BCUT2D eigenvalue weighted by Crippen LogP contribution is -2.37. The van der Waals surface area contributed by atoms with Crippen LogP contribution in [0, 0.1) is 17.7 Å². The first kappa shape index (κ1) is 18.9. The number of methoxy groups -OCH3 is 1. The van der Waals surface area contributed by atoms with Crippen LogP contribution in [0.1, 0.15) is 24.8 Å². The fraction of sp³-hybridized carbons (Fsp3) is 0.684. The molecule has 2 aliphatic heterocycles. The molecule has 140 valence electrons. The van der Waals surface area contributed by atoms with E-state index in [2.05, 4.69) is 9.80 Å². The van der Waals surface area contributed by atoms with E-state index in [-0.39, 0.29) is 12.4 Å². The Morgan fingerprint density at radius 1 is 1.16 bits per heavy atom. The summed E-state index contributed by atoms with van der Waals surface area (Å²) in [5.74, 6) is 0.443. The Kier molecular flexibility index (Phi) is 6.55. The van der Waals surface area contributed by atoms with Crippen molar-refractivity contribution in [2.24, 2.45) is 11.8 Å². The fourth-order valence-corrected chi connectivity index (χ4v) is 4.52. The van der Waals surface area contributed by atoms with Crippen molar-refractivity contribution in [3.8, 4) is 5.75 Å². The molecule has 2 aliphatic rings. The van der Waals surface area contributed by atoms with E-state index >= 15 is 0 Å². The molecule has 2 fully saturated rings. The Hall–Kier alpha value is -0.880. The monoisotopic (exact) mass is 370 g/mol. The third kappa shape index (κ3) is 4.64. The summed E-state index contributed by atoms with van der Waals surface area (Å²) in [4.78, 5) is 4.83. The summed E-state index contributed by atoms with van der Waals surface area (Å²) >= 11 is 6.10. The minimum atomic E-state index is -0.423. The Morgan fingerprint density at radius 2 is 1.88 bits per heavy atom. The number of piperidine rings is 1. The van der Waals surface area contributed by atoms with Crippen molar-refractivity contribution in [2.45, 2.75) is 25.8 Å². The largest absolute Gasteiger partial charge is 0.492 e. The molecule has 25 heavy (non-hydrogen) atoms. The average molecular weight is 371 g/mol. The van der Waals surface area contributed by atoms with Crippen LogP contribution < -0.4 is 4.74 Å². The second kappa shape index (κ2) is 8.67. The highest BCUT2D eigenvalue weighted by Gasteiger charge is 2.33. The van der Waals surface area contributed by atoms with Crippen molar-refractivity contribution in [1.29, 1.82) is 0 Å². The summed E-state index contributed by atoms with van der Waals surface area (Å²) in [5.41, 5.74) is 0.846. The van der Waals surface area contributed by atoms with Gasteiger partial charge >= 0.3 is 0 Å². The number of rotatable bonds is 6. The van der Waals surface area contributed by atoms with Gasteiger partial charge in [0.1, 0.15) is 0 Å². The van der Waals surface area contributed by atoms with E-state index in [1.54, 1.807) is 6.07 Å². The molecule has 2 heterocycles. The molecule has 2 saturated heterocycles. The number of benzene rings is 1. The Labute approximate surface area is 154 Å². The second-order valence-electron chi connectivity index (χ2n) is 7.35. The summed E-state index contributed by atoms with van der Waals surface area (Å²) in [7, 11) is 1.42. The molecule has 3 rings (SSSR count). The highest BCUT2D eigenvalue weighted by Crippen LogP contribution is 2.31. The maximum absolute atomic E-state index is 14.0. The first-order chi connectivity index (χ1) is 12.1. The van der Waals surface area contributed by atoms with Gasteiger partial charge in [-0.3, -0.25) is 4.90 Å². The van der Waals surface area contributed by atoms with Crippen LogP contribution >= 0.6 is 11.6 Å². The van der Waals surface area contributed by atoms with Gasteiger partial charge in [0, 0.05) is 32.8 Å². The zero-order chi connectivity index (χ0) is 17.8. The smallest absolute Gasteiger partial charge is 0.173 e. The van der Waals surface area contributed by atoms with Crippen LogP contribution in [0.15, 0.2) is 12.1 Å². The molecule has 4 nitrogen and oxygen atoms in total. The number of hydrogen-bond acceptors (Lipinski definition) is 4. The van der Waals surface area contributed by atoms with Gasteiger partial charge in [-0.2, -0.15) is 0 Å². The zero-order valence-electron chi connectivity index (χ0n) is 14.9. The summed E-state index contributed by atoms with van der Waals surface area (Å²) in [6.45, 7) is 6.05. The van der Waals surface area contributed by atoms with Crippen LogP contribution in [0.4, 0.5) is 4.39 Å². The fourth-order valence-electron chi connectivity index (χ4n) is 4.21. The Balaban J connectivity index is 1.62. The number of aliphatic hydroxyl groups excluding tert-OH is 1. The van der Waals surface area contributed by atoms with Crippen molar-refractivity contribution < 1.29 is 14.2 Å². The van der Waals surface area contributed by atoms with Gasteiger partial charge in [-0.1, -0.05) is 18.0 Å². The minimum absolute atomic E-state index is 0.100. The molecule has 0 amide bonds. The van der Waals surface area contributed by atoms with Gasteiger partial charge in [-0.05, 0) is 55.5 Å².